The molecule has 0 aromatic heterocycles. The lowest BCUT2D eigenvalue weighted by Gasteiger charge is -2.35. The molecule has 84 valence electrons. The normalized spacial score (nSPS) is 24.4. The molecule has 0 aromatic carbocycles. The van der Waals surface area contributed by atoms with Crippen molar-refractivity contribution in [2.75, 3.05) is 32.7 Å². The van der Waals surface area contributed by atoms with Crippen LogP contribution in [0.3, 0.4) is 0 Å². The Morgan fingerprint density at radius 3 is 2.93 bits per heavy atom. The molecule has 0 aromatic rings. The largest absolute Gasteiger partial charge is 0.329 e. The van der Waals surface area contributed by atoms with Gasteiger partial charge in [-0.3, -0.25) is 0 Å². The van der Waals surface area contributed by atoms with Gasteiger partial charge in [0.25, 0.3) is 0 Å². The molecule has 1 atom stereocenters. The van der Waals surface area contributed by atoms with E-state index in [1.54, 1.807) is 0 Å². The molecule has 1 aliphatic heterocycles. The third-order valence-electron chi connectivity index (χ3n) is 3.03. The van der Waals surface area contributed by atoms with Crippen molar-refractivity contribution in [1.82, 2.24) is 10.2 Å². The molecule has 0 bridgehead atoms. The van der Waals surface area contributed by atoms with Gasteiger partial charge in [0, 0.05) is 25.7 Å². The van der Waals surface area contributed by atoms with Gasteiger partial charge in [0.15, 0.2) is 0 Å². The van der Waals surface area contributed by atoms with E-state index in [4.69, 9.17) is 5.73 Å². The predicted octanol–water partition coefficient (Wildman–Crippen LogP) is 0.655. The van der Waals surface area contributed by atoms with Gasteiger partial charge in [0.1, 0.15) is 0 Å². The molecule has 1 rings (SSSR count). The van der Waals surface area contributed by atoms with Crippen LogP contribution in [0, 0.1) is 5.92 Å². The van der Waals surface area contributed by atoms with Crippen LogP contribution < -0.4 is 11.1 Å². The Balaban J connectivity index is 2.19. The minimum absolute atomic E-state index is 0.701. The molecule has 1 unspecified atom stereocenters. The van der Waals surface area contributed by atoms with E-state index in [1.165, 1.54) is 25.9 Å². The van der Waals surface area contributed by atoms with Gasteiger partial charge in [-0.2, -0.15) is 0 Å². The fraction of sp³-hybridized carbons (Fsp3) is 1.00. The molecule has 1 saturated heterocycles. The predicted molar refractivity (Wildman–Crippen MR) is 61.4 cm³/mol. The summed E-state index contributed by atoms with van der Waals surface area (Å²) in [5.74, 6) is 0.831. The fourth-order valence-electron chi connectivity index (χ4n) is 2.14. The highest BCUT2D eigenvalue weighted by atomic mass is 15.2. The average Bonchev–Trinajstić information content (AvgIpc) is 2.19. The van der Waals surface area contributed by atoms with Gasteiger partial charge in [-0.25, -0.2) is 0 Å². The minimum atomic E-state index is 0.701. The highest BCUT2D eigenvalue weighted by Gasteiger charge is 2.20. The maximum absolute atomic E-state index is 5.45. The van der Waals surface area contributed by atoms with Crippen LogP contribution in [0.1, 0.15) is 26.7 Å². The maximum Gasteiger partial charge on any atom is 0.00746 e. The first kappa shape index (κ1) is 12.0. The van der Waals surface area contributed by atoms with Gasteiger partial charge in [-0.15, -0.1) is 0 Å². The lowest BCUT2D eigenvalue weighted by atomic mass is 9.97. The van der Waals surface area contributed by atoms with E-state index in [2.05, 4.69) is 24.1 Å². The lowest BCUT2D eigenvalue weighted by Crippen LogP contribution is -2.43. The number of rotatable bonds is 5. The Labute approximate surface area is 88.0 Å². The third-order valence-corrected chi connectivity index (χ3v) is 3.03. The smallest absolute Gasteiger partial charge is 0.00746 e. The molecule has 0 aliphatic carbocycles. The van der Waals surface area contributed by atoms with Crippen molar-refractivity contribution < 1.29 is 0 Å². The van der Waals surface area contributed by atoms with E-state index in [-0.39, 0.29) is 0 Å². The number of hydrogen-bond acceptors (Lipinski definition) is 3. The number of nitrogens with zero attached hydrogens (tertiary/aromatic N) is 1. The van der Waals surface area contributed by atoms with Crippen molar-refractivity contribution in [1.29, 1.82) is 0 Å². The second kappa shape index (κ2) is 6.38. The van der Waals surface area contributed by atoms with Crippen LogP contribution in [0.15, 0.2) is 0 Å². The van der Waals surface area contributed by atoms with E-state index in [9.17, 15) is 0 Å². The number of nitrogens with one attached hydrogen (secondary N) is 1. The van der Waals surface area contributed by atoms with Crippen LogP contribution in [0.4, 0.5) is 0 Å². The van der Waals surface area contributed by atoms with Gasteiger partial charge in [-0.1, -0.05) is 0 Å². The van der Waals surface area contributed by atoms with Gasteiger partial charge in [0.2, 0.25) is 0 Å². The minimum Gasteiger partial charge on any atom is -0.329 e. The molecule has 1 fully saturated rings. The van der Waals surface area contributed by atoms with E-state index in [1.807, 2.05) is 0 Å². The van der Waals surface area contributed by atoms with Crippen molar-refractivity contribution in [2.45, 2.75) is 32.7 Å². The third kappa shape index (κ3) is 3.95. The zero-order valence-electron chi connectivity index (χ0n) is 9.63. The van der Waals surface area contributed by atoms with E-state index in [0.29, 0.717) is 6.04 Å². The van der Waals surface area contributed by atoms with Crippen molar-refractivity contribution in [3.8, 4) is 0 Å². The highest BCUT2D eigenvalue weighted by molar-refractivity contribution is 4.76. The van der Waals surface area contributed by atoms with Crippen LogP contribution in [0.5, 0.6) is 0 Å². The summed E-state index contributed by atoms with van der Waals surface area (Å²) in [5.41, 5.74) is 5.45. The van der Waals surface area contributed by atoms with Crippen molar-refractivity contribution in [3.63, 3.8) is 0 Å². The number of hydrogen-bond donors (Lipinski definition) is 2. The van der Waals surface area contributed by atoms with Gasteiger partial charge in [0.05, 0.1) is 0 Å². The first-order valence-electron chi connectivity index (χ1n) is 5.89. The Morgan fingerprint density at radius 1 is 1.50 bits per heavy atom. The zero-order valence-corrected chi connectivity index (χ0v) is 9.63. The summed E-state index contributed by atoms with van der Waals surface area (Å²) >= 11 is 0. The Hall–Kier alpha value is -0.120. The molecule has 3 heteroatoms. The average molecular weight is 199 g/mol. The quantitative estimate of drug-likeness (QED) is 0.639. The van der Waals surface area contributed by atoms with Crippen molar-refractivity contribution in [3.05, 3.63) is 0 Å². The molecular weight excluding hydrogens is 174 g/mol. The molecule has 0 spiro atoms. The fourth-order valence-corrected chi connectivity index (χ4v) is 2.14. The summed E-state index contributed by atoms with van der Waals surface area (Å²) in [6, 6.07) is 0.701. The van der Waals surface area contributed by atoms with Gasteiger partial charge < -0.3 is 16.0 Å². The molecule has 1 heterocycles. The summed E-state index contributed by atoms with van der Waals surface area (Å²) in [7, 11) is 0. The summed E-state index contributed by atoms with van der Waals surface area (Å²) in [5, 5.41) is 3.41. The SMILES string of the molecule is CC(C)N1CCCC(CNCCN)C1. The second-order valence-corrected chi connectivity index (χ2v) is 4.59. The van der Waals surface area contributed by atoms with E-state index >= 15 is 0 Å². The monoisotopic (exact) mass is 199 g/mol. The number of piperidine rings is 1. The van der Waals surface area contributed by atoms with Gasteiger partial charge >= 0.3 is 0 Å². The van der Waals surface area contributed by atoms with Crippen LogP contribution in [0.25, 0.3) is 0 Å². The summed E-state index contributed by atoms with van der Waals surface area (Å²) in [4.78, 5) is 2.58. The Morgan fingerprint density at radius 2 is 2.29 bits per heavy atom. The Bertz CT molecular complexity index is 147. The van der Waals surface area contributed by atoms with Crippen LogP contribution >= 0.6 is 0 Å². The summed E-state index contributed by atoms with van der Waals surface area (Å²) in [6.45, 7) is 9.96. The highest BCUT2D eigenvalue weighted by Crippen LogP contribution is 2.17. The standard InChI is InChI=1S/C11H25N3/c1-10(2)14-7-3-4-11(9-14)8-13-6-5-12/h10-11,13H,3-9,12H2,1-2H3. The van der Waals surface area contributed by atoms with Gasteiger partial charge in [-0.05, 0) is 45.7 Å². The molecule has 1 aliphatic rings. The zero-order chi connectivity index (χ0) is 10.4. The molecule has 0 amide bonds. The van der Waals surface area contributed by atoms with Crippen LogP contribution in [-0.4, -0.2) is 43.7 Å². The first-order chi connectivity index (χ1) is 6.74. The summed E-state index contributed by atoms with van der Waals surface area (Å²) < 4.78 is 0. The number of nitrogens with two attached hydrogens (primary N) is 1. The summed E-state index contributed by atoms with van der Waals surface area (Å²) in [6.07, 6.45) is 2.73. The van der Waals surface area contributed by atoms with Crippen LogP contribution in [-0.2, 0) is 0 Å². The second-order valence-electron chi connectivity index (χ2n) is 4.59. The maximum atomic E-state index is 5.45. The molecule has 3 nitrogen and oxygen atoms in total. The molecule has 0 radical (unpaired) electrons. The van der Waals surface area contributed by atoms with Crippen molar-refractivity contribution in [2.24, 2.45) is 11.7 Å². The van der Waals surface area contributed by atoms with Crippen LogP contribution in [0.2, 0.25) is 0 Å². The molecule has 3 N–H and O–H groups in total. The molecule has 0 saturated carbocycles. The lowest BCUT2D eigenvalue weighted by molar-refractivity contribution is 0.139. The molecule has 14 heavy (non-hydrogen) atoms. The topological polar surface area (TPSA) is 41.3 Å². The first-order valence-corrected chi connectivity index (χ1v) is 5.89. The Kier molecular flexibility index (Phi) is 5.45. The van der Waals surface area contributed by atoms with E-state index in [0.717, 1.165) is 25.6 Å². The molecular formula is C11H25N3. The van der Waals surface area contributed by atoms with Crippen molar-refractivity contribution >= 4 is 0 Å². The number of likely N-dealkylation sites (tertiary alicyclic amines) is 1. The van der Waals surface area contributed by atoms with E-state index < -0.39 is 0 Å².